The molecular formula is C25H34F6N8O5. The highest BCUT2D eigenvalue weighted by molar-refractivity contribution is 5.91. The van der Waals surface area contributed by atoms with Crippen molar-refractivity contribution in [3.63, 3.8) is 0 Å². The average molecular weight is 641 g/mol. The number of amides is 1. The maximum Gasteiger partial charge on any atom is 0.490 e. The summed E-state index contributed by atoms with van der Waals surface area (Å²) in [4.78, 5) is 35.7. The fraction of sp³-hybridized carbons (Fsp3) is 0.680. The van der Waals surface area contributed by atoms with Gasteiger partial charge in [0, 0.05) is 51.0 Å². The predicted molar refractivity (Wildman–Crippen MR) is 139 cm³/mol. The van der Waals surface area contributed by atoms with Crippen LogP contribution >= 0.6 is 0 Å². The van der Waals surface area contributed by atoms with Crippen LogP contribution in [0.3, 0.4) is 0 Å². The van der Waals surface area contributed by atoms with Crippen LogP contribution < -0.4 is 5.32 Å². The van der Waals surface area contributed by atoms with Crippen LogP contribution in [0.2, 0.25) is 0 Å². The van der Waals surface area contributed by atoms with Gasteiger partial charge in [-0.2, -0.15) is 31.4 Å². The van der Waals surface area contributed by atoms with E-state index < -0.39 is 24.3 Å². The molecule has 1 saturated carbocycles. The zero-order valence-electron chi connectivity index (χ0n) is 24.0. The smallest absolute Gasteiger partial charge is 0.475 e. The summed E-state index contributed by atoms with van der Waals surface area (Å²) in [6.07, 6.45) is 0.753. The van der Waals surface area contributed by atoms with Crippen LogP contribution in [-0.2, 0) is 36.3 Å². The second kappa shape index (κ2) is 13.9. The van der Waals surface area contributed by atoms with Crippen LogP contribution in [0.5, 0.6) is 0 Å². The Morgan fingerprint density at radius 2 is 1.57 bits per heavy atom. The van der Waals surface area contributed by atoms with E-state index in [-0.39, 0.29) is 17.5 Å². The van der Waals surface area contributed by atoms with Crippen LogP contribution in [0.4, 0.5) is 26.3 Å². The molecule has 0 aromatic carbocycles. The summed E-state index contributed by atoms with van der Waals surface area (Å²) in [5.41, 5.74) is 1.25. The van der Waals surface area contributed by atoms with Crippen molar-refractivity contribution in [2.75, 3.05) is 20.1 Å². The van der Waals surface area contributed by atoms with Gasteiger partial charge in [-0.15, -0.1) is 10.2 Å². The Bertz CT molecular complexity index is 1280. The number of rotatable bonds is 4. The van der Waals surface area contributed by atoms with Crippen LogP contribution in [0.1, 0.15) is 60.5 Å². The SMILES string of the molecule is CN1Cc2nnc(C(=O)NC3CCCCC3)n2CC12CCN(Cc1cnn(C)c1)C2.O=C(O)C(F)(F)F.O=C(O)C(F)(F)F. The van der Waals surface area contributed by atoms with Crippen LogP contribution in [-0.4, -0.2) is 106 Å². The molecule has 44 heavy (non-hydrogen) atoms. The number of carboxylic acids is 2. The minimum atomic E-state index is -5.08. The normalized spacial score (nSPS) is 21.1. The molecule has 2 aromatic rings. The van der Waals surface area contributed by atoms with E-state index in [9.17, 15) is 31.1 Å². The van der Waals surface area contributed by atoms with Crippen molar-refractivity contribution >= 4 is 17.8 Å². The molecule has 1 spiro atoms. The fourth-order valence-corrected chi connectivity index (χ4v) is 5.41. The number of carbonyl (C=O) groups excluding carboxylic acids is 1. The standard InChI is InChI=1S/C21H32N8O.2C2HF3O2/c1-26-13-18-24-25-19(20(30)23-17-6-4-3-5-7-17)29(18)15-21(26)8-9-28(14-21)12-16-10-22-27(2)11-16;2*3-2(4,5)1(6)7/h10-11,17H,3-9,12-15H2,1-2H3,(H,23,30);2*(H,6,7). The first-order valence-electron chi connectivity index (χ1n) is 13.7. The monoisotopic (exact) mass is 640 g/mol. The lowest BCUT2D eigenvalue weighted by Crippen LogP contribution is -2.55. The number of aliphatic carboxylic acids is 2. The number of fused-ring (bicyclic) bond motifs is 1. The van der Waals surface area contributed by atoms with Gasteiger partial charge in [0.25, 0.3) is 5.91 Å². The highest BCUT2D eigenvalue weighted by atomic mass is 19.4. The number of aryl methyl sites for hydroxylation is 1. The lowest BCUT2D eigenvalue weighted by Gasteiger charge is -2.42. The summed E-state index contributed by atoms with van der Waals surface area (Å²) < 4.78 is 67.4. The number of halogens is 6. The first-order chi connectivity index (χ1) is 20.4. The minimum absolute atomic E-state index is 0.0114. The molecule has 1 saturated heterocycles. The van der Waals surface area contributed by atoms with E-state index in [0.29, 0.717) is 5.82 Å². The molecule has 13 nitrogen and oxygen atoms in total. The molecule has 1 atom stereocenters. The molecule has 2 fully saturated rings. The number of hydrogen-bond donors (Lipinski definition) is 3. The number of carbonyl (C=O) groups is 3. The van der Waals surface area contributed by atoms with Gasteiger partial charge in [-0.1, -0.05) is 19.3 Å². The minimum Gasteiger partial charge on any atom is -0.475 e. The third-order valence-corrected chi connectivity index (χ3v) is 7.67. The first-order valence-corrected chi connectivity index (χ1v) is 13.7. The summed E-state index contributed by atoms with van der Waals surface area (Å²) in [5, 5.41) is 30.4. The van der Waals surface area contributed by atoms with Crippen molar-refractivity contribution in [3.8, 4) is 0 Å². The molecule has 246 valence electrons. The molecule has 2 aliphatic heterocycles. The molecule has 0 bridgehead atoms. The second-order valence-corrected chi connectivity index (χ2v) is 11.0. The van der Waals surface area contributed by atoms with Gasteiger partial charge in [0.05, 0.1) is 18.3 Å². The maximum absolute atomic E-state index is 13.0. The average Bonchev–Trinajstić information content (AvgIpc) is 3.64. The molecule has 4 heterocycles. The number of aromatic nitrogens is 5. The van der Waals surface area contributed by atoms with Crippen LogP contribution in [0, 0.1) is 0 Å². The molecule has 3 aliphatic rings. The van der Waals surface area contributed by atoms with E-state index in [0.717, 1.165) is 57.8 Å². The van der Waals surface area contributed by atoms with Crippen molar-refractivity contribution < 1.29 is 50.9 Å². The predicted octanol–water partition coefficient (Wildman–Crippen LogP) is 2.43. The van der Waals surface area contributed by atoms with Gasteiger partial charge in [0.15, 0.2) is 0 Å². The number of alkyl halides is 6. The molecule has 1 amide bonds. The molecule has 1 unspecified atom stereocenters. The van der Waals surface area contributed by atoms with Gasteiger partial charge in [0.1, 0.15) is 5.82 Å². The van der Waals surface area contributed by atoms with Crippen LogP contribution in [0.15, 0.2) is 12.4 Å². The van der Waals surface area contributed by atoms with Crippen molar-refractivity contribution in [1.82, 2.24) is 39.7 Å². The van der Waals surface area contributed by atoms with Gasteiger partial charge in [0.2, 0.25) is 5.82 Å². The number of nitrogens with one attached hydrogen (secondary N) is 1. The maximum atomic E-state index is 13.0. The van der Waals surface area contributed by atoms with Crippen molar-refractivity contribution in [2.45, 2.75) is 82.1 Å². The van der Waals surface area contributed by atoms with Crippen LogP contribution in [0.25, 0.3) is 0 Å². The number of likely N-dealkylation sites (tertiary alicyclic amines) is 1. The van der Waals surface area contributed by atoms with E-state index in [2.05, 4.69) is 48.2 Å². The van der Waals surface area contributed by atoms with Crippen molar-refractivity contribution in [3.05, 3.63) is 29.6 Å². The molecule has 2 aromatic heterocycles. The summed E-state index contributed by atoms with van der Waals surface area (Å²) in [5.74, 6) is -4.21. The zero-order chi connectivity index (χ0) is 32.9. The molecule has 19 heteroatoms. The number of hydrogen-bond acceptors (Lipinski definition) is 8. The Morgan fingerprint density at radius 1 is 0.977 bits per heavy atom. The summed E-state index contributed by atoms with van der Waals surface area (Å²) >= 11 is 0. The molecular weight excluding hydrogens is 606 g/mol. The van der Waals surface area contributed by atoms with Gasteiger partial charge < -0.3 is 20.1 Å². The summed E-state index contributed by atoms with van der Waals surface area (Å²) in [7, 11) is 4.13. The van der Waals surface area contributed by atoms with E-state index in [1.807, 2.05) is 17.9 Å². The lowest BCUT2D eigenvalue weighted by atomic mass is 9.94. The first kappa shape index (κ1) is 34.7. The Morgan fingerprint density at radius 3 is 2.09 bits per heavy atom. The summed E-state index contributed by atoms with van der Waals surface area (Å²) in [6.45, 7) is 4.42. The number of likely N-dealkylation sites (N-methyl/N-ethyl adjacent to an activating group) is 1. The van der Waals surface area contributed by atoms with Crippen molar-refractivity contribution in [2.24, 2.45) is 7.05 Å². The van der Waals surface area contributed by atoms with Gasteiger partial charge in [-0.25, -0.2) is 9.59 Å². The lowest BCUT2D eigenvalue weighted by molar-refractivity contribution is -0.193. The van der Waals surface area contributed by atoms with Crippen molar-refractivity contribution in [1.29, 1.82) is 0 Å². The molecule has 5 rings (SSSR count). The Hall–Kier alpha value is -3.74. The third kappa shape index (κ3) is 9.13. The topological polar surface area (TPSA) is 159 Å². The highest BCUT2D eigenvalue weighted by Crippen LogP contribution is 2.34. The van der Waals surface area contributed by atoms with Gasteiger partial charge in [-0.3, -0.25) is 19.3 Å². The van der Waals surface area contributed by atoms with Gasteiger partial charge in [-0.05, 0) is 26.3 Å². The third-order valence-electron chi connectivity index (χ3n) is 7.67. The van der Waals surface area contributed by atoms with E-state index in [1.54, 1.807) is 0 Å². The number of carboxylic acid groups (broad SMARTS) is 2. The molecule has 3 N–H and O–H groups in total. The Labute approximate surface area is 247 Å². The number of nitrogens with zero attached hydrogens (tertiary/aromatic N) is 7. The fourth-order valence-electron chi connectivity index (χ4n) is 5.41. The quantitative estimate of drug-likeness (QED) is 0.424. The Kier molecular flexibility index (Phi) is 11.0. The Balaban J connectivity index is 0.000000317. The molecule has 0 radical (unpaired) electrons. The highest BCUT2D eigenvalue weighted by Gasteiger charge is 2.46. The zero-order valence-corrected chi connectivity index (χ0v) is 24.0. The van der Waals surface area contributed by atoms with E-state index >= 15 is 0 Å². The summed E-state index contributed by atoms with van der Waals surface area (Å²) in [6, 6.07) is 0.279. The molecule has 1 aliphatic carbocycles. The van der Waals surface area contributed by atoms with Gasteiger partial charge >= 0.3 is 24.3 Å². The van der Waals surface area contributed by atoms with E-state index in [1.165, 1.54) is 24.8 Å². The largest absolute Gasteiger partial charge is 0.490 e. The van der Waals surface area contributed by atoms with E-state index in [4.69, 9.17) is 19.8 Å². The second-order valence-electron chi connectivity index (χ2n) is 11.0.